The number of benzene rings is 1. The Kier molecular flexibility index (Phi) is 4.49. The van der Waals surface area contributed by atoms with Gasteiger partial charge in [0.15, 0.2) is 11.6 Å². The second-order valence-electron chi connectivity index (χ2n) is 6.80. The van der Waals surface area contributed by atoms with E-state index >= 15 is 0 Å². The smallest absolute Gasteiger partial charge is 0.246 e. The first-order valence-corrected chi connectivity index (χ1v) is 9.50. The maximum atomic E-state index is 6.32. The van der Waals surface area contributed by atoms with Gasteiger partial charge in [0.25, 0.3) is 0 Å². The predicted octanol–water partition coefficient (Wildman–Crippen LogP) is 3.66. The average molecular weight is 403 g/mol. The summed E-state index contributed by atoms with van der Waals surface area (Å²) in [5.41, 5.74) is 10.7. The van der Waals surface area contributed by atoms with Crippen molar-refractivity contribution in [2.75, 3.05) is 0 Å². The molecule has 0 aliphatic heterocycles. The zero-order chi connectivity index (χ0) is 17.7. The van der Waals surface area contributed by atoms with E-state index in [4.69, 9.17) is 15.2 Å². The summed E-state index contributed by atoms with van der Waals surface area (Å²) in [6.45, 7) is 2.45. The van der Waals surface area contributed by atoms with Crippen molar-refractivity contribution in [2.45, 2.75) is 38.3 Å². The number of rotatable bonds is 4. The molecule has 5 rings (SSSR count). The molecular formula is C18H19ClN6OS. The Hall–Kier alpha value is -2.29. The van der Waals surface area contributed by atoms with E-state index in [0.29, 0.717) is 18.3 Å². The van der Waals surface area contributed by atoms with Gasteiger partial charge in [-0.05, 0) is 38.3 Å². The van der Waals surface area contributed by atoms with Crippen molar-refractivity contribution >= 4 is 34.8 Å². The molecular weight excluding hydrogens is 384 g/mol. The van der Waals surface area contributed by atoms with Crippen molar-refractivity contribution in [3.05, 3.63) is 47.2 Å². The second-order valence-corrected chi connectivity index (χ2v) is 7.65. The molecule has 1 aromatic carbocycles. The molecule has 0 atom stereocenters. The van der Waals surface area contributed by atoms with Crippen LogP contribution in [0, 0.1) is 6.92 Å². The molecule has 0 spiro atoms. The van der Waals surface area contributed by atoms with Crippen LogP contribution in [0.25, 0.3) is 21.7 Å². The summed E-state index contributed by atoms with van der Waals surface area (Å²) in [4.78, 5) is 14.8. The Morgan fingerprint density at radius 2 is 2.07 bits per heavy atom. The summed E-state index contributed by atoms with van der Waals surface area (Å²) in [5.74, 6) is 2.03. The molecule has 3 aromatic heterocycles. The van der Waals surface area contributed by atoms with Crippen molar-refractivity contribution in [3.63, 3.8) is 0 Å². The predicted molar refractivity (Wildman–Crippen MR) is 106 cm³/mol. The number of para-hydroxylation sites is 2. The number of hydrogen-bond donors (Lipinski definition) is 1. The molecule has 1 aliphatic carbocycles. The Morgan fingerprint density at radius 3 is 2.78 bits per heavy atom. The van der Waals surface area contributed by atoms with Crippen LogP contribution in [0.15, 0.2) is 34.3 Å². The molecule has 27 heavy (non-hydrogen) atoms. The quantitative estimate of drug-likeness (QED) is 0.559. The van der Waals surface area contributed by atoms with E-state index in [9.17, 15) is 0 Å². The van der Waals surface area contributed by atoms with E-state index in [1.165, 1.54) is 0 Å². The third kappa shape index (κ3) is 2.93. The van der Waals surface area contributed by atoms with Gasteiger partial charge in [-0.25, -0.2) is 9.97 Å². The summed E-state index contributed by atoms with van der Waals surface area (Å²) < 4.78 is 7.62. The molecule has 0 amide bonds. The molecule has 9 heteroatoms. The number of aromatic nitrogens is 5. The minimum absolute atomic E-state index is 0. The van der Waals surface area contributed by atoms with Crippen LogP contribution in [0.2, 0.25) is 0 Å². The normalized spacial score (nSPS) is 15.5. The molecule has 0 radical (unpaired) electrons. The number of aryl methyl sites for hydroxylation is 1. The number of nitrogens with zero attached hydrogens (tertiary/aromatic N) is 5. The summed E-state index contributed by atoms with van der Waals surface area (Å²) in [7, 11) is 0. The van der Waals surface area contributed by atoms with E-state index in [1.807, 2.05) is 30.6 Å². The third-order valence-electron chi connectivity index (χ3n) is 5.06. The summed E-state index contributed by atoms with van der Waals surface area (Å²) in [6.07, 6.45) is 2.93. The number of nitrogens with two attached hydrogens (primary N) is 1. The maximum absolute atomic E-state index is 6.32. The molecule has 0 saturated heterocycles. The zero-order valence-corrected chi connectivity index (χ0v) is 16.4. The van der Waals surface area contributed by atoms with Gasteiger partial charge in [-0.2, -0.15) is 4.98 Å². The highest BCUT2D eigenvalue weighted by Gasteiger charge is 2.39. The number of hydrogen-bond acceptors (Lipinski definition) is 7. The Labute approximate surface area is 166 Å². The van der Waals surface area contributed by atoms with Crippen LogP contribution in [0.3, 0.4) is 0 Å². The molecule has 140 valence electrons. The van der Waals surface area contributed by atoms with Crippen LogP contribution in [0.5, 0.6) is 0 Å². The van der Waals surface area contributed by atoms with Gasteiger partial charge < -0.3 is 14.8 Å². The van der Waals surface area contributed by atoms with Crippen LogP contribution in [-0.4, -0.2) is 24.7 Å². The van der Waals surface area contributed by atoms with Crippen LogP contribution < -0.4 is 5.73 Å². The first kappa shape index (κ1) is 18.1. The minimum Gasteiger partial charge on any atom is -0.337 e. The van der Waals surface area contributed by atoms with Gasteiger partial charge in [-0.3, -0.25) is 0 Å². The van der Waals surface area contributed by atoms with Crippen molar-refractivity contribution in [3.8, 4) is 10.7 Å². The molecule has 1 fully saturated rings. The summed E-state index contributed by atoms with van der Waals surface area (Å²) in [5, 5.41) is 4.13. The van der Waals surface area contributed by atoms with Gasteiger partial charge in [0.2, 0.25) is 5.89 Å². The number of thiazole rings is 1. The van der Waals surface area contributed by atoms with E-state index in [2.05, 4.69) is 25.8 Å². The monoisotopic (exact) mass is 402 g/mol. The molecule has 0 unspecified atom stereocenters. The van der Waals surface area contributed by atoms with E-state index in [1.54, 1.807) is 11.3 Å². The molecule has 1 saturated carbocycles. The van der Waals surface area contributed by atoms with Crippen LogP contribution in [-0.2, 0) is 12.1 Å². The second kappa shape index (κ2) is 6.70. The number of imidazole rings is 1. The standard InChI is InChI=1S/C18H18N6OS.ClH/c1-11-15(26-10-20-11)16-21-12-5-2-3-6-13(12)24(16)9-14-22-17(23-25-14)18(19)7-4-8-18;/h2-3,5-6,10H,4,7-9,19H2,1H3;1H. The van der Waals surface area contributed by atoms with E-state index in [-0.39, 0.29) is 12.4 Å². The van der Waals surface area contributed by atoms with E-state index in [0.717, 1.165) is 46.7 Å². The van der Waals surface area contributed by atoms with Crippen LogP contribution in [0.1, 0.15) is 36.7 Å². The molecule has 7 nitrogen and oxygen atoms in total. The highest BCUT2D eigenvalue weighted by molar-refractivity contribution is 7.13. The number of halogens is 1. The highest BCUT2D eigenvalue weighted by Crippen LogP contribution is 2.37. The lowest BCUT2D eigenvalue weighted by Crippen LogP contribution is -2.44. The molecule has 3 heterocycles. The molecule has 1 aliphatic rings. The third-order valence-corrected chi connectivity index (χ3v) is 5.98. The van der Waals surface area contributed by atoms with Gasteiger partial charge in [0.05, 0.1) is 32.7 Å². The molecule has 0 bridgehead atoms. The van der Waals surface area contributed by atoms with Gasteiger partial charge in [-0.1, -0.05) is 17.3 Å². The summed E-state index contributed by atoms with van der Waals surface area (Å²) in [6, 6.07) is 8.05. The van der Waals surface area contributed by atoms with Crippen LogP contribution >= 0.6 is 23.7 Å². The fourth-order valence-electron chi connectivity index (χ4n) is 3.36. The lowest BCUT2D eigenvalue weighted by molar-refractivity contribution is 0.229. The SMILES string of the molecule is Cc1ncsc1-c1nc2ccccc2n1Cc1nc(C2(N)CCC2)no1.Cl. The Balaban J connectivity index is 0.00000180. The Morgan fingerprint density at radius 1 is 1.26 bits per heavy atom. The molecule has 2 N–H and O–H groups in total. The Bertz CT molecular complexity index is 1100. The van der Waals surface area contributed by atoms with Gasteiger partial charge in [0, 0.05) is 0 Å². The van der Waals surface area contributed by atoms with Gasteiger partial charge in [0.1, 0.15) is 6.54 Å². The summed E-state index contributed by atoms with van der Waals surface area (Å²) >= 11 is 1.58. The van der Waals surface area contributed by atoms with Gasteiger partial charge in [-0.15, -0.1) is 23.7 Å². The average Bonchev–Trinajstić information content (AvgIpc) is 3.32. The first-order valence-electron chi connectivity index (χ1n) is 8.62. The fraction of sp³-hybridized carbons (Fsp3) is 0.333. The minimum atomic E-state index is -0.421. The molecule has 4 aromatic rings. The van der Waals surface area contributed by atoms with Crippen molar-refractivity contribution < 1.29 is 4.52 Å². The first-order chi connectivity index (χ1) is 12.6. The van der Waals surface area contributed by atoms with Crippen LogP contribution in [0.4, 0.5) is 0 Å². The van der Waals surface area contributed by atoms with Crippen molar-refractivity contribution in [2.24, 2.45) is 5.73 Å². The number of fused-ring (bicyclic) bond motifs is 1. The van der Waals surface area contributed by atoms with Crippen molar-refractivity contribution in [1.29, 1.82) is 0 Å². The van der Waals surface area contributed by atoms with E-state index < -0.39 is 5.54 Å². The van der Waals surface area contributed by atoms with Crippen molar-refractivity contribution in [1.82, 2.24) is 24.7 Å². The largest absolute Gasteiger partial charge is 0.337 e. The maximum Gasteiger partial charge on any atom is 0.246 e. The fourth-order valence-corrected chi connectivity index (χ4v) is 4.16. The zero-order valence-electron chi connectivity index (χ0n) is 14.8. The highest BCUT2D eigenvalue weighted by atomic mass is 35.5. The topological polar surface area (TPSA) is 95.7 Å². The lowest BCUT2D eigenvalue weighted by atomic mass is 9.77. The lowest BCUT2D eigenvalue weighted by Gasteiger charge is -2.34. The van der Waals surface area contributed by atoms with Gasteiger partial charge >= 0.3 is 0 Å².